The summed E-state index contributed by atoms with van der Waals surface area (Å²) >= 11 is 6.08. The highest BCUT2D eigenvalue weighted by molar-refractivity contribution is 6.31. The van der Waals surface area contributed by atoms with E-state index in [1.54, 1.807) is 6.20 Å². The summed E-state index contributed by atoms with van der Waals surface area (Å²) in [7, 11) is 0. The van der Waals surface area contributed by atoms with Crippen LogP contribution in [0.3, 0.4) is 0 Å². The van der Waals surface area contributed by atoms with Crippen molar-refractivity contribution < 1.29 is 4.74 Å². The molecule has 2 aromatic rings. The Morgan fingerprint density at radius 1 is 1.14 bits per heavy atom. The van der Waals surface area contributed by atoms with E-state index in [0.29, 0.717) is 16.9 Å². The van der Waals surface area contributed by atoms with Gasteiger partial charge in [0.15, 0.2) is 0 Å². The van der Waals surface area contributed by atoms with Crippen molar-refractivity contribution in [3.63, 3.8) is 0 Å². The molecule has 1 aromatic carbocycles. The van der Waals surface area contributed by atoms with E-state index in [1.165, 1.54) is 5.56 Å². The van der Waals surface area contributed by atoms with Gasteiger partial charge in [-0.25, -0.2) is 4.98 Å². The van der Waals surface area contributed by atoms with E-state index in [1.807, 2.05) is 12.1 Å². The Labute approximate surface area is 130 Å². The van der Waals surface area contributed by atoms with Crippen LogP contribution in [0.4, 0.5) is 5.95 Å². The van der Waals surface area contributed by atoms with Crippen LogP contribution in [0.15, 0.2) is 30.5 Å². The standard InChI is InChI=1S/C16H20ClN3O/c1-3-5-12-6-8-13(9-7-12)21-15-14(17)11-19-16(20-15)18-10-4-2/h6-9,11H,3-5,10H2,1-2H3,(H,18,19,20). The predicted octanol–water partition coefficient (Wildman–Crippen LogP) is 4.70. The first kappa shape index (κ1) is 15.6. The Kier molecular flexibility index (Phi) is 5.81. The van der Waals surface area contributed by atoms with Gasteiger partial charge < -0.3 is 10.1 Å². The van der Waals surface area contributed by atoms with Crippen molar-refractivity contribution in [1.29, 1.82) is 0 Å². The molecule has 0 saturated heterocycles. The number of hydrogen-bond acceptors (Lipinski definition) is 4. The number of benzene rings is 1. The summed E-state index contributed by atoms with van der Waals surface area (Å²) in [6.45, 7) is 5.06. The van der Waals surface area contributed by atoms with E-state index in [0.717, 1.165) is 31.6 Å². The van der Waals surface area contributed by atoms with Crippen molar-refractivity contribution in [2.75, 3.05) is 11.9 Å². The van der Waals surface area contributed by atoms with Crippen molar-refractivity contribution >= 4 is 17.5 Å². The summed E-state index contributed by atoms with van der Waals surface area (Å²) in [6.07, 6.45) is 4.75. The van der Waals surface area contributed by atoms with Crippen molar-refractivity contribution in [2.24, 2.45) is 0 Å². The SMILES string of the molecule is CCCNc1ncc(Cl)c(Oc2ccc(CCC)cc2)n1. The zero-order valence-electron chi connectivity index (χ0n) is 12.4. The lowest BCUT2D eigenvalue weighted by Gasteiger charge is -2.09. The number of rotatable bonds is 7. The second kappa shape index (κ2) is 7.84. The maximum absolute atomic E-state index is 6.08. The van der Waals surface area contributed by atoms with E-state index in [9.17, 15) is 0 Å². The van der Waals surface area contributed by atoms with Gasteiger partial charge in [0.05, 0.1) is 6.20 Å². The van der Waals surface area contributed by atoms with Crippen LogP contribution < -0.4 is 10.1 Å². The molecule has 1 heterocycles. The van der Waals surface area contributed by atoms with Crippen LogP contribution >= 0.6 is 11.6 Å². The molecule has 0 atom stereocenters. The zero-order chi connectivity index (χ0) is 15.1. The number of anilines is 1. The molecule has 0 saturated carbocycles. The molecule has 4 nitrogen and oxygen atoms in total. The van der Waals surface area contributed by atoms with Gasteiger partial charge in [0.1, 0.15) is 10.8 Å². The molecule has 0 unspecified atom stereocenters. The Morgan fingerprint density at radius 2 is 1.90 bits per heavy atom. The van der Waals surface area contributed by atoms with Gasteiger partial charge >= 0.3 is 0 Å². The number of halogens is 1. The average Bonchev–Trinajstić information content (AvgIpc) is 2.50. The van der Waals surface area contributed by atoms with E-state index in [4.69, 9.17) is 16.3 Å². The molecular formula is C16H20ClN3O. The monoisotopic (exact) mass is 305 g/mol. The molecule has 0 aliphatic carbocycles. The molecule has 0 bridgehead atoms. The van der Waals surface area contributed by atoms with Crippen molar-refractivity contribution in [1.82, 2.24) is 9.97 Å². The number of aromatic nitrogens is 2. The largest absolute Gasteiger partial charge is 0.437 e. The third-order valence-corrected chi connectivity index (χ3v) is 3.18. The number of ether oxygens (including phenoxy) is 1. The van der Waals surface area contributed by atoms with E-state index >= 15 is 0 Å². The first-order valence-electron chi connectivity index (χ1n) is 7.26. The van der Waals surface area contributed by atoms with Crippen LogP contribution in [0.1, 0.15) is 32.3 Å². The quantitative estimate of drug-likeness (QED) is 0.805. The zero-order valence-corrected chi connectivity index (χ0v) is 13.2. The fourth-order valence-electron chi connectivity index (χ4n) is 1.87. The summed E-state index contributed by atoms with van der Waals surface area (Å²) < 4.78 is 5.74. The van der Waals surface area contributed by atoms with Gasteiger partial charge in [-0.05, 0) is 30.5 Å². The van der Waals surface area contributed by atoms with E-state index in [-0.39, 0.29) is 0 Å². The fourth-order valence-corrected chi connectivity index (χ4v) is 2.00. The topological polar surface area (TPSA) is 47.0 Å². The molecule has 0 spiro atoms. The lowest BCUT2D eigenvalue weighted by atomic mass is 10.1. The van der Waals surface area contributed by atoms with E-state index < -0.39 is 0 Å². The molecule has 112 valence electrons. The van der Waals surface area contributed by atoms with Gasteiger partial charge in [0.25, 0.3) is 0 Å². The fraction of sp³-hybridized carbons (Fsp3) is 0.375. The van der Waals surface area contributed by atoms with Crippen LogP contribution in [0.2, 0.25) is 5.02 Å². The molecule has 0 fully saturated rings. The van der Waals surface area contributed by atoms with Gasteiger partial charge in [0.2, 0.25) is 11.8 Å². The molecule has 1 aromatic heterocycles. The summed E-state index contributed by atoms with van der Waals surface area (Å²) in [6, 6.07) is 7.99. The van der Waals surface area contributed by atoms with Crippen LogP contribution in [-0.4, -0.2) is 16.5 Å². The minimum absolute atomic E-state index is 0.369. The Bertz CT molecular complexity index is 572. The summed E-state index contributed by atoms with van der Waals surface area (Å²) in [5.41, 5.74) is 1.30. The Morgan fingerprint density at radius 3 is 2.57 bits per heavy atom. The number of aryl methyl sites for hydroxylation is 1. The molecule has 2 rings (SSSR count). The molecule has 21 heavy (non-hydrogen) atoms. The highest BCUT2D eigenvalue weighted by Crippen LogP contribution is 2.27. The maximum atomic E-state index is 6.08. The lowest BCUT2D eigenvalue weighted by molar-refractivity contribution is 0.462. The van der Waals surface area contributed by atoms with Crippen molar-refractivity contribution in [3.8, 4) is 11.6 Å². The second-order valence-corrected chi connectivity index (χ2v) is 5.18. The van der Waals surface area contributed by atoms with Gasteiger partial charge in [-0.15, -0.1) is 0 Å². The minimum atomic E-state index is 0.369. The molecule has 0 aliphatic rings. The molecule has 0 amide bonds. The van der Waals surface area contributed by atoms with Gasteiger partial charge in [-0.2, -0.15) is 4.98 Å². The summed E-state index contributed by atoms with van der Waals surface area (Å²) in [4.78, 5) is 8.41. The second-order valence-electron chi connectivity index (χ2n) is 4.77. The van der Waals surface area contributed by atoms with Crippen LogP contribution in [0.5, 0.6) is 11.6 Å². The van der Waals surface area contributed by atoms with Gasteiger partial charge in [0, 0.05) is 6.54 Å². The highest BCUT2D eigenvalue weighted by Gasteiger charge is 2.08. The predicted molar refractivity (Wildman–Crippen MR) is 86.3 cm³/mol. The normalized spacial score (nSPS) is 10.4. The molecular weight excluding hydrogens is 286 g/mol. The van der Waals surface area contributed by atoms with Gasteiger partial charge in [-0.3, -0.25) is 0 Å². The number of hydrogen-bond donors (Lipinski definition) is 1. The average molecular weight is 306 g/mol. The first-order chi connectivity index (χ1) is 10.2. The van der Waals surface area contributed by atoms with Crippen molar-refractivity contribution in [3.05, 3.63) is 41.0 Å². The minimum Gasteiger partial charge on any atom is -0.437 e. The molecule has 0 radical (unpaired) electrons. The van der Waals surface area contributed by atoms with Crippen LogP contribution in [-0.2, 0) is 6.42 Å². The smallest absolute Gasteiger partial charge is 0.243 e. The number of nitrogens with one attached hydrogen (secondary N) is 1. The third kappa shape index (κ3) is 4.60. The maximum Gasteiger partial charge on any atom is 0.243 e. The first-order valence-corrected chi connectivity index (χ1v) is 7.64. The van der Waals surface area contributed by atoms with E-state index in [2.05, 4.69) is 41.3 Å². The Hall–Kier alpha value is -1.81. The molecule has 5 heteroatoms. The van der Waals surface area contributed by atoms with Gasteiger partial charge in [-0.1, -0.05) is 44.0 Å². The van der Waals surface area contributed by atoms with Crippen LogP contribution in [0.25, 0.3) is 0 Å². The van der Waals surface area contributed by atoms with Crippen LogP contribution in [0, 0.1) is 0 Å². The molecule has 0 aliphatic heterocycles. The molecule has 1 N–H and O–H groups in total. The highest BCUT2D eigenvalue weighted by atomic mass is 35.5. The van der Waals surface area contributed by atoms with Crippen molar-refractivity contribution in [2.45, 2.75) is 33.1 Å². The Balaban J connectivity index is 2.10. The summed E-state index contributed by atoms with van der Waals surface area (Å²) in [5.74, 6) is 1.62. The number of nitrogens with zero attached hydrogens (tertiary/aromatic N) is 2. The summed E-state index contributed by atoms with van der Waals surface area (Å²) in [5, 5.41) is 3.51. The third-order valence-electron chi connectivity index (χ3n) is 2.92. The lowest BCUT2D eigenvalue weighted by Crippen LogP contribution is -2.04.